The van der Waals surface area contributed by atoms with Crippen LogP contribution in [0, 0.1) is 6.92 Å². The fourth-order valence-corrected chi connectivity index (χ4v) is 1.42. The Bertz CT molecular complexity index is 292. The van der Waals surface area contributed by atoms with E-state index in [9.17, 15) is 8.78 Å². The molecular weight excluding hydrogens is 198 g/mol. The number of nitrogens with two attached hydrogens (primary N) is 1. The van der Waals surface area contributed by atoms with Gasteiger partial charge in [-0.25, -0.2) is 13.8 Å². The van der Waals surface area contributed by atoms with Gasteiger partial charge < -0.3 is 5.73 Å². The monoisotopic (exact) mass is 206 g/mol. The molecule has 1 heterocycles. The molecule has 0 radical (unpaired) electrons. The second kappa shape index (κ2) is 3.98. The van der Waals surface area contributed by atoms with Crippen LogP contribution in [-0.4, -0.2) is 4.98 Å². The summed E-state index contributed by atoms with van der Waals surface area (Å²) in [6.07, 6.45) is -2.59. The van der Waals surface area contributed by atoms with Gasteiger partial charge in [0.1, 0.15) is 5.15 Å². The predicted octanol–water partition coefficient (Wildman–Crippen LogP) is 2.44. The number of halogens is 3. The molecule has 0 aliphatic rings. The fourth-order valence-electron chi connectivity index (χ4n) is 1.08. The van der Waals surface area contributed by atoms with E-state index in [2.05, 4.69) is 4.98 Å². The summed E-state index contributed by atoms with van der Waals surface area (Å²) in [5, 5.41) is -0.157. The Morgan fingerprint density at radius 1 is 1.62 bits per heavy atom. The molecule has 0 aliphatic heterocycles. The molecular formula is C8H9ClF2N2. The lowest BCUT2D eigenvalue weighted by Crippen LogP contribution is -2.03. The van der Waals surface area contributed by atoms with Crippen LogP contribution in [0.15, 0.2) is 6.07 Å². The summed E-state index contributed by atoms with van der Waals surface area (Å²) in [5.41, 5.74) is 6.04. The molecule has 1 aromatic heterocycles. The fraction of sp³-hybridized carbons (Fsp3) is 0.375. The molecule has 0 amide bonds. The first-order chi connectivity index (χ1) is 6.06. The van der Waals surface area contributed by atoms with Crippen LogP contribution in [0.25, 0.3) is 0 Å². The zero-order chi connectivity index (χ0) is 10.0. The quantitative estimate of drug-likeness (QED) is 0.755. The zero-order valence-corrected chi connectivity index (χ0v) is 7.78. The summed E-state index contributed by atoms with van der Waals surface area (Å²) in [7, 11) is 0. The zero-order valence-electron chi connectivity index (χ0n) is 7.02. The average molecular weight is 207 g/mol. The van der Waals surface area contributed by atoms with Crippen LogP contribution in [0.4, 0.5) is 8.78 Å². The van der Waals surface area contributed by atoms with Crippen LogP contribution in [-0.2, 0) is 6.54 Å². The number of alkyl halides is 2. The molecule has 0 unspecified atom stereocenters. The lowest BCUT2D eigenvalue weighted by Gasteiger charge is -2.08. The molecule has 0 fully saturated rings. The van der Waals surface area contributed by atoms with Crippen molar-refractivity contribution in [3.63, 3.8) is 0 Å². The third-order valence-electron chi connectivity index (χ3n) is 1.70. The van der Waals surface area contributed by atoms with E-state index in [0.29, 0.717) is 11.3 Å². The maximum atomic E-state index is 12.4. The summed E-state index contributed by atoms with van der Waals surface area (Å²) in [6.45, 7) is 1.76. The van der Waals surface area contributed by atoms with Crippen LogP contribution in [0.1, 0.15) is 23.2 Å². The highest BCUT2D eigenvalue weighted by Gasteiger charge is 2.16. The minimum atomic E-state index is -2.59. The number of hydrogen-bond donors (Lipinski definition) is 1. The summed E-state index contributed by atoms with van der Waals surface area (Å²) in [5.74, 6) is 0. The van der Waals surface area contributed by atoms with E-state index in [0.717, 1.165) is 0 Å². The number of rotatable bonds is 2. The molecule has 0 saturated carbocycles. The molecule has 1 rings (SSSR count). The van der Waals surface area contributed by atoms with E-state index in [-0.39, 0.29) is 17.3 Å². The van der Waals surface area contributed by atoms with Crippen molar-refractivity contribution < 1.29 is 8.78 Å². The number of hydrogen-bond acceptors (Lipinski definition) is 2. The normalized spacial score (nSPS) is 10.9. The summed E-state index contributed by atoms with van der Waals surface area (Å²) < 4.78 is 24.7. The highest BCUT2D eigenvalue weighted by Crippen LogP contribution is 2.28. The molecule has 0 bridgehead atoms. The molecule has 0 atom stereocenters. The van der Waals surface area contributed by atoms with Gasteiger partial charge in [-0.15, -0.1) is 0 Å². The van der Waals surface area contributed by atoms with Crippen molar-refractivity contribution >= 4 is 11.6 Å². The van der Waals surface area contributed by atoms with Gasteiger partial charge in [0.25, 0.3) is 6.43 Å². The maximum absolute atomic E-state index is 12.4. The molecule has 0 saturated heterocycles. The van der Waals surface area contributed by atoms with Gasteiger partial charge in [-0.3, -0.25) is 0 Å². The van der Waals surface area contributed by atoms with Gasteiger partial charge in [0.05, 0.1) is 11.3 Å². The molecule has 13 heavy (non-hydrogen) atoms. The third kappa shape index (κ3) is 2.14. The number of aryl methyl sites for hydroxylation is 1. The Hall–Kier alpha value is -0.740. The second-order valence-corrected chi connectivity index (χ2v) is 3.00. The van der Waals surface area contributed by atoms with E-state index >= 15 is 0 Å². The Morgan fingerprint density at radius 3 is 2.62 bits per heavy atom. The van der Waals surface area contributed by atoms with Crippen molar-refractivity contribution in [2.75, 3.05) is 0 Å². The van der Waals surface area contributed by atoms with Crippen LogP contribution < -0.4 is 5.73 Å². The first kappa shape index (κ1) is 10.3. The first-order valence-electron chi connectivity index (χ1n) is 3.70. The Kier molecular flexibility index (Phi) is 3.17. The van der Waals surface area contributed by atoms with Gasteiger partial charge in [0.2, 0.25) is 0 Å². The minimum absolute atomic E-state index is 0.157. The lowest BCUT2D eigenvalue weighted by molar-refractivity contribution is 0.150. The molecule has 0 aliphatic carbocycles. The maximum Gasteiger partial charge on any atom is 0.267 e. The topological polar surface area (TPSA) is 38.9 Å². The number of nitrogens with zero attached hydrogens (tertiary/aromatic N) is 1. The molecule has 0 spiro atoms. The van der Waals surface area contributed by atoms with Crippen LogP contribution in [0.2, 0.25) is 5.15 Å². The predicted molar refractivity (Wildman–Crippen MR) is 46.8 cm³/mol. The van der Waals surface area contributed by atoms with E-state index < -0.39 is 6.43 Å². The van der Waals surface area contributed by atoms with E-state index in [1.54, 1.807) is 6.92 Å². The van der Waals surface area contributed by atoms with Crippen molar-refractivity contribution in [3.8, 4) is 0 Å². The van der Waals surface area contributed by atoms with Crippen molar-refractivity contribution in [2.45, 2.75) is 19.9 Å². The van der Waals surface area contributed by atoms with Gasteiger partial charge >= 0.3 is 0 Å². The Balaban J connectivity index is 3.23. The Labute approximate surface area is 79.7 Å². The smallest absolute Gasteiger partial charge is 0.267 e. The van der Waals surface area contributed by atoms with Crippen LogP contribution >= 0.6 is 11.6 Å². The van der Waals surface area contributed by atoms with Gasteiger partial charge in [-0.2, -0.15) is 0 Å². The van der Waals surface area contributed by atoms with Crippen molar-refractivity contribution in [1.82, 2.24) is 4.98 Å². The van der Waals surface area contributed by atoms with Crippen LogP contribution in [0.5, 0.6) is 0 Å². The summed E-state index contributed by atoms with van der Waals surface area (Å²) in [4.78, 5) is 3.73. The number of aromatic nitrogens is 1. The average Bonchev–Trinajstić information content (AvgIpc) is 2.02. The molecule has 72 valence electrons. The Morgan fingerprint density at radius 2 is 2.23 bits per heavy atom. The number of pyridine rings is 1. The standard InChI is InChI=1S/C8H9ClF2N2/c1-4-2-5(3-12)13-7(9)6(4)8(10)11/h2,8H,3,12H2,1H3. The first-order valence-corrected chi connectivity index (χ1v) is 4.08. The SMILES string of the molecule is Cc1cc(CN)nc(Cl)c1C(F)F. The molecule has 5 heteroatoms. The van der Waals surface area contributed by atoms with E-state index in [1.165, 1.54) is 6.07 Å². The summed E-state index contributed by atoms with van der Waals surface area (Å²) >= 11 is 5.56. The van der Waals surface area contributed by atoms with Gasteiger partial charge in [-0.1, -0.05) is 11.6 Å². The molecule has 2 nitrogen and oxygen atoms in total. The molecule has 1 aromatic rings. The molecule has 2 N–H and O–H groups in total. The van der Waals surface area contributed by atoms with Crippen molar-refractivity contribution in [1.29, 1.82) is 0 Å². The van der Waals surface area contributed by atoms with E-state index in [4.69, 9.17) is 17.3 Å². The van der Waals surface area contributed by atoms with E-state index in [1.807, 2.05) is 0 Å². The van der Waals surface area contributed by atoms with Gasteiger partial charge in [-0.05, 0) is 18.6 Å². The molecule has 0 aromatic carbocycles. The highest BCUT2D eigenvalue weighted by atomic mass is 35.5. The van der Waals surface area contributed by atoms with Gasteiger partial charge in [0.15, 0.2) is 0 Å². The van der Waals surface area contributed by atoms with Crippen molar-refractivity contribution in [3.05, 3.63) is 28.0 Å². The third-order valence-corrected chi connectivity index (χ3v) is 1.99. The largest absolute Gasteiger partial charge is 0.325 e. The van der Waals surface area contributed by atoms with Crippen LogP contribution in [0.3, 0.4) is 0 Å². The van der Waals surface area contributed by atoms with Gasteiger partial charge in [0, 0.05) is 6.54 Å². The second-order valence-electron chi connectivity index (χ2n) is 2.64. The minimum Gasteiger partial charge on any atom is -0.325 e. The van der Waals surface area contributed by atoms with Crippen molar-refractivity contribution in [2.24, 2.45) is 5.73 Å². The highest BCUT2D eigenvalue weighted by molar-refractivity contribution is 6.30. The summed E-state index contributed by atoms with van der Waals surface area (Å²) in [6, 6.07) is 1.52. The lowest BCUT2D eigenvalue weighted by atomic mass is 10.1.